The quantitative estimate of drug-likeness (QED) is 0.487. The lowest BCUT2D eigenvalue weighted by molar-refractivity contribution is -0.136. The zero-order valence-electron chi connectivity index (χ0n) is 9.46. The number of carboxylic acids is 2. The molecule has 0 amide bonds. The molecule has 0 aromatic heterocycles. The Hall–Kier alpha value is -2.39. The second-order valence-corrected chi connectivity index (χ2v) is 3.56. The monoisotopic (exact) mass is 299 g/mol. The summed E-state index contributed by atoms with van der Waals surface area (Å²) in [6.45, 7) is -2.52. The molecule has 20 heavy (non-hydrogen) atoms. The van der Waals surface area contributed by atoms with Crippen LogP contribution in [-0.2, 0) is 9.59 Å². The summed E-state index contributed by atoms with van der Waals surface area (Å²) in [5, 5.41) is 17.0. The number of hydrogen-bond donors (Lipinski definition) is 2. The SMILES string of the molecule is O=C(O)CN(CC(=O)O)c1c(F)c(F)c(F)c(F)c1F. The molecule has 0 saturated heterocycles. The van der Waals surface area contributed by atoms with Crippen LogP contribution in [0, 0.1) is 29.1 Å². The fourth-order valence-corrected chi connectivity index (χ4v) is 1.41. The van der Waals surface area contributed by atoms with Crippen LogP contribution in [-0.4, -0.2) is 35.2 Å². The molecule has 0 fully saturated rings. The van der Waals surface area contributed by atoms with E-state index in [2.05, 4.69) is 0 Å². The number of halogens is 5. The van der Waals surface area contributed by atoms with Crippen LogP contribution in [0.25, 0.3) is 0 Å². The largest absolute Gasteiger partial charge is 0.480 e. The lowest BCUT2D eigenvalue weighted by Crippen LogP contribution is -2.36. The summed E-state index contributed by atoms with van der Waals surface area (Å²) in [6.07, 6.45) is 0. The molecule has 0 unspecified atom stereocenters. The molecule has 10 heteroatoms. The van der Waals surface area contributed by atoms with Crippen LogP contribution < -0.4 is 4.90 Å². The molecule has 0 atom stereocenters. The number of anilines is 1. The zero-order valence-corrected chi connectivity index (χ0v) is 9.46. The molecule has 5 nitrogen and oxygen atoms in total. The fraction of sp³-hybridized carbons (Fsp3) is 0.200. The number of hydrogen-bond acceptors (Lipinski definition) is 3. The summed E-state index contributed by atoms with van der Waals surface area (Å²) in [5.41, 5.74) is -1.61. The molecular weight excluding hydrogens is 293 g/mol. The van der Waals surface area contributed by atoms with Crippen LogP contribution in [0.4, 0.5) is 27.6 Å². The molecule has 1 rings (SSSR count). The van der Waals surface area contributed by atoms with Gasteiger partial charge in [-0.25, -0.2) is 22.0 Å². The van der Waals surface area contributed by atoms with E-state index in [0.717, 1.165) is 0 Å². The summed E-state index contributed by atoms with van der Waals surface area (Å²) in [4.78, 5) is 21.0. The Balaban J connectivity index is 3.46. The highest BCUT2D eigenvalue weighted by molar-refractivity contribution is 5.79. The first kappa shape index (κ1) is 15.7. The summed E-state index contributed by atoms with van der Waals surface area (Å²) >= 11 is 0. The van der Waals surface area contributed by atoms with Crippen molar-refractivity contribution in [2.45, 2.75) is 0 Å². The summed E-state index contributed by atoms with van der Waals surface area (Å²) < 4.78 is 65.5. The van der Waals surface area contributed by atoms with Crippen LogP contribution in [0.3, 0.4) is 0 Å². The minimum Gasteiger partial charge on any atom is -0.480 e. The van der Waals surface area contributed by atoms with E-state index in [9.17, 15) is 31.5 Å². The van der Waals surface area contributed by atoms with Crippen molar-refractivity contribution in [3.05, 3.63) is 29.1 Å². The average Bonchev–Trinajstić information content (AvgIpc) is 2.32. The summed E-state index contributed by atoms with van der Waals surface area (Å²) in [5.74, 6) is -15.0. The highest BCUT2D eigenvalue weighted by Gasteiger charge is 2.30. The zero-order chi connectivity index (χ0) is 15.6. The topological polar surface area (TPSA) is 77.8 Å². The van der Waals surface area contributed by atoms with E-state index < -0.39 is 59.8 Å². The third-order valence-electron chi connectivity index (χ3n) is 2.16. The third kappa shape index (κ3) is 2.95. The number of aliphatic carboxylic acids is 2. The molecule has 0 bridgehead atoms. The number of rotatable bonds is 5. The van der Waals surface area contributed by atoms with Crippen LogP contribution in [0.5, 0.6) is 0 Å². The lowest BCUT2D eigenvalue weighted by atomic mass is 10.2. The Morgan fingerprint density at radius 2 is 1.05 bits per heavy atom. The molecule has 1 aromatic rings. The summed E-state index contributed by atoms with van der Waals surface area (Å²) in [7, 11) is 0. The predicted molar refractivity (Wildman–Crippen MR) is 53.7 cm³/mol. The van der Waals surface area contributed by atoms with Crippen molar-refractivity contribution >= 4 is 17.6 Å². The number of carboxylic acid groups (broad SMARTS) is 2. The molecule has 0 spiro atoms. The van der Waals surface area contributed by atoms with Crippen LogP contribution in [0.15, 0.2) is 0 Å². The van der Waals surface area contributed by atoms with E-state index in [1.54, 1.807) is 0 Å². The second kappa shape index (κ2) is 5.72. The van der Waals surface area contributed by atoms with Crippen molar-refractivity contribution in [2.24, 2.45) is 0 Å². The van der Waals surface area contributed by atoms with Gasteiger partial charge in [-0.15, -0.1) is 0 Å². The average molecular weight is 299 g/mol. The maximum absolute atomic E-state index is 13.4. The van der Waals surface area contributed by atoms with Gasteiger partial charge >= 0.3 is 11.9 Å². The van der Waals surface area contributed by atoms with Crippen molar-refractivity contribution < 1.29 is 41.8 Å². The van der Waals surface area contributed by atoms with Gasteiger partial charge in [-0.2, -0.15) is 0 Å². The molecule has 0 aliphatic carbocycles. The van der Waals surface area contributed by atoms with Gasteiger partial charge in [0.1, 0.15) is 18.8 Å². The van der Waals surface area contributed by atoms with Gasteiger partial charge in [0, 0.05) is 0 Å². The van der Waals surface area contributed by atoms with E-state index in [-0.39, 0.29) is 4.90 Å². The van der Waals surface area contributed by atoms with Gasteiger partial charge in [0.2, 0.25) is 5.82 Å². The van der Waals surface area contributed by atoms with Gasteiger partial charge in [0.15, 0.2) is 23.3 Å². The minimum absolute atomic E-state index is 0.0148. The van der Waals surface area contributed by atoms with Crippen molar-refractivity contribution in [3.8, 4) is 0 Å². The molecule has 0 saturated carbocycles. The van der Waals surface area contributed by atoms with E-state index in [1.807, 2.05) is 0 Å². The number of benzene rings is 1. The van der Waals surface area contributed by atoms with Crippen LogP contribution in [0.2, 0.25) is 0 Å². The molecule has 0 radical (unpaired) electrons. The van der Waals surface area contributed by atoms with Gasteiger partial charge in [0.25, 0.3) is 0 Å². The highest BCUT2D eigenvalue weighted by Crippen LogP contribution is 2.30. The Bertz CT molecular complexity index is 532. The standard InChI is InChI=1S/C10H6F5NO4/c11-5-6(12)8(14)10(9(15)7(5)13)16(1-3(17)18)2-4(19)20/h1-2H2,(H,17,18)(H,19,20). The molecule has 110 valence electrons. The van der Waals surface area contributed by atoms with Gasteiger partial charge in [-0.1, -0.05) is 0 Å². The van der Waals surface area contributed by atoms with Crippen LogP contribution >= 0.6 is 0 Å². The number of carbonyl (C=O) groups is 2. The smallest absolute Gasteiger partial charge is 0.323 e. The Morgan fingerprint density at radius 1 is 0.750 bits per heavy atom. The lowest BCUT2D eigenvalue weighted by Gasteiger charge is -2.22. The third-order valence-corrected chi connectivity index (χ3v) is 2.16. The summed E-state index contributed by atoms with van der Waals surface area (Å²) in [6, 6.07) is 0. The van der Waals surface area contributed by atoms with Crippen molar-refractivity contribution in [3.63, 3.8) is 0 Å². The molecule has 1 aromatic carbocycles. The Kier molecular flexibility index (Phi) is 4.48. The highest BCUT2D eigenvalue weighted by atomic mass is 19.2. The minimum atomic E-state index is -2.42. The molecule has 2 N–H and O–H groups in total. The maximum Gasteiger partial charge on any atom is 0.323 e. The second-order valence-electron chi connectivity index (χ2n) is 3.56. The Morgan fingerprint density at radius 3 is 1.35 bits per heavy atom. The maximum atomic E-state index is 13.4. The van der Waals surface area contributed by atoms with E-state index in [4.69, 9.17) is 10.2 Å². The van der Waals surface area contributed by atoms with Crippen molar-refractivity contribution in [2.75, 3.05) is 18.0 Å². The molecular formula is C10H6F5NO4. The fourth-order valence-electron chi connectivity index (χ4n) is 1.41. The van der Waals surface area contributed by atoms with Gasteiger partial charge in [0.05, 0.1) is 0 Å². The molecule has 0 aliphatic rings. The first-order valence-corrected chi connectivity index (χ1v) is 4.86. The van der Waals surface area contributed by atoms with Gasteiger partial charge < -0.3 is 15.1 Å². The van der Waals surface area contributed by atoms with E-state index in [1.165, 1.54) is 0 Å². The van der Waals surface area contributed by atoms with E-state index >= 15 is 0 Å². The van der Waals surface area contributed by atoms with Crippen LogP contribution in [0.1, 0.15) is 0 Å². The normalized spacial score (nSPS) is 10.4. The first-order valence-electron chi connectivity index (χ1n) is 4.86. The van der Waals surface area contributed by atoms with Crippen molar-refractivity contribution in [1.29, 1.82) is 0 Å². The molecule has 0 aliphatic heterocycles. The van der Waals surface area contributed by atoms with E-state index in [0.29, 0.717) is 0 Å². The first-order chi connectivity index (χ1) is 9.16. The predicted octanol–water partition coefficient (Wildman–Crippen LogP) is 1.36. The van der Waals surface area contributed by atoms with Gasteiger partial charge in [-0.3, -0.25) is 9.59 Å². The van der Waals surface area contributed by atoms with Gasteiger partial charge in [-0.05, 0) is 0 Å². The Labute approximate surface area is 107 Å². The number of nitrogens with zero attached hydrogens (tertiary/aromatic N) is 1. The van der Waals surface area contributed by atoms with Crippen molar-refractivity contribution in [1.82, 2.24) is 0 Å². The molecule has 0 heterocycles.